The largest absolute Gasteiger partial charge is 0.508 e. The molecule has 0 bridgehead atoms. The molecule has 0 saturated carbocycles. The molecular formula is C19H22O3. The van der Waals surface area contributed by atoms with Crippen molar-refractivity contribution in [2.45, 2.75) is 19.3 Å². The molecule has 0 aliphatic heterocycles. The van der Waals surface area contributed by atoms with Crippen molar-refractivity contribution in [2.75, 3.05) is 7.11 Å². The number of aromatic hydroxyl groups is 1. The number of methoxy groups -OCH3 is 1. The lowest BCUT2D eigenvalue weighted by atomic mass is 9.78. The van der Waals surface area contributed by atoms with E-state index in [0.29, 0.717) is 5.75 Å². The smallest absolute Gasteiger partial charge is 0.329 e. The highest BCUT2D eigenvalue weighted by molar-refractivity contribution is 5.80. The Morgan fingerprint density at radius 2 is 1.55 bits per heavy atom. The molecule has 0 aromatic heterocycles. The third-order valence-corrected chi connectivity index (χ3v) is 3.45. The Hall–Kier alpha value is -2.55. The van der Waals surface area contributed by atoms with Crippen LogP contribution in [-0.2, 0) is 14.9 Å². The Labute approximate surface area is 131 Å². The van der Waals surface area contributed by atoms with E-state index in [1.54, 1.807) is 12.1 Å². The molecule has 1 N–H and O–H groups in total. The van der Waals surface area contributed by atoms with Gasteiger partial charge in [0.1, 0.15) is 5.75 Å². The number of phenolic OH excluding ortho intramolecular Hbond substituents is 1. The molecule has 0 aliphatic carbocycles. The van der Waals surface area contributed by atoms with Crippen molar-refractivity contribution in [1.82, 2.24) is 0 Å². The summed E-state index contributed by atoms with van der Waals surface area (Å²) in [5, 5.41) is 9.29. The first-order chi connectivity index (χ1) is 10.4. The normalized spacial score (nSPS) is 10.1. The first kappa shape index (κ1) is 17.5. The van der Waals surface area contributed by atoms with Crippen molar-refractivity contribution in [3.05, 3.63) is 78.4 Å². The molecule has 0 amide bonds. The fraction of sp³-hybridized carbons (Fsp3) is 0.211. The fourth-order valence-corrected chi connectivity index (χ4v) is 1.98. The number of hydrogen-bond acceptors (Lipinski definition) is 3. The molecule has 0 saturated heterocycles. The molecule has 0 radical (unpaired) electrons. The van der Waals surface area contributed by atoms with Crippen molar-refractivity contribution in [3.63, 3.8) is 0 Å². The van der Waals surface area contributed by atoms with Gasteiger partial charge in [0.25, 0.3) is 0 Å². The summed E-state index contributed by atoms with van der Waals surface area (Å²) in [6.07, 6.45) is 1.11. The molecule has 22 heavy (non-hydrogen) atoms. The minimum atomic E-state index is -0.394. The number of rotatable bonds is 3. The van der Waals surface area contributed by atoms with E-state index < -0.39 is 5.97 Å². The van der Waals surface area contributed by atoms with Gasteiger partial charge in [0.15, 0.2) is 0 Å². The number of hydrogen-bond donors (Lipinski definition) is 1. The second-order valence-corrected chi connectivity index (χ2v) is 5.27. The molecule has 2 aromatic rings. The molecule has 0 heterocycles. The van der Waals surface area contributed by atoms with E-state index in [1.807, 2.05) is 18.2 Å². The second-order valence-electron chi connectivity index (χ2n) is 5.27. The highest BCUT2D eigenvalue weighted by atomic mass is 16.5. The molecule has 0 spiro atoms. The molecule has 0 unspecified atom stereocenters. The van der Waals surface area contributed by atoms with E-state index in [9.17, 15) is 9.90 Å². The standard InChI is InChI=1S/C15H16O.C4H6O2/c1-15(2,12-6-4-3-5-7-12)13-8-10-14(16)11-9-13;1-3-4(5)6-2/h3-11,16H,1-2H3;3H,1H2,2H3. The zero-order chi connectivity index (χ0) is 16.6. The number of carbonyl (C=O) groups is 1. The quantitative estimate of drug-likeness (QED) is 0.686. The molecule has 0 aliphatic rings. The van der Waals surface area contributed by atoms with Crippen LogP contribution in [0.15, 0.2) is 67.3 Å². The minimum absolute atomic E-state index is 0.0328. The van der Waals surface area contributed by atoms with Crippen molar-refractivity contribution >= 4 is 5.97 Å². The summed E-state index contributed by atoms with van der Waals surface area (Å²) in [7, 11) is 1.31. The zero-order valence-corrected chi connectivity index (χ0v) is 13.2. The average Bonchev–Trinajstić information content (AvgIpc) is 2.56. The Balaban J connectivity index is 0.000000346. The Bertz CT molecular complexity index is 598. The molecule has 3 heteroatoms. The number of benzene rings is 2. The number of ether oxygens (including phenoxy) is 1. The van der Waals surface area contributed by atoms with Crippen LogP contribution in [0.3, 0.4) is 0 Å². The van der Waals surface area contributed by atoms with Gasteiger partial charge in [-0.1, -0.05) is 62.9 Å². The molecule has 2 aromatic carbocycles. The first-order valence-corrected chi connectivity index (χ1v) is 6.97. The highest BCUT2D eigenvalue weighted by Gasteiger charge is 2.22. The summed E-state index contributed by atoms with van der Waals surface area (Å²) < 4.78 is 4.14. The van der Waals surface area contributed by atoms with E-state index in [1.165, 1.54) is 18.2 Å². The third-order valence-electron chi connectivity index (χ3n) is 3.45. The summed E-state index contributed by atoms with van der Waals surface area (Å²) in [4.78, 5) is 9.84. The van der Waals surface area contributed by atoms with Gasteiger partial charge in [0, 0.05) is 11.5 Å². The summed E-state index contributed by atoms with van der Waals surface area (Å²) in [5.74, 6) is -0.0809. The lowest BCUT2D eigenvalue weighted by Crippen LogP contribution is -2.18. The predicted molar refractivity (Wildman–Crippen MR) is 88.9 cm³/mol. The second kappa shape index (κ2) is 8.03. The van der Waals surface area contributed by atoms with Crippen LogP contribution in [0.2, 0.25) is 0 Å². The molecule has 2 rings (SSSR count). The first-order valence-electron chi connectivity index (χ1n) is 6.97. The Morgan fingerprint density at radius 1 is 1.05 bits per heavy atom. The summed E-state index contributed by atoms with van der Waals surface area (Å²) >= 11 is 0. The average molecular weight is 298 g/mol. The fourth-order valence-electron chi connectivity index (χ4n) is 1.98. The minimum Gasteiger partial charge on any atom is -0.508 e. The van der Waals surface area contributed by atoms with E-state index in [2.05, 4.69) is 49.4 Å². The Morgan fingerprint density at radius 3 is 1.95 bits per heavy atom. The van der Waals surface area contributed by atoms with Crippen LogP contribution >= 0.6 is 0 Å². The SMILES string of the molecule is C=CC(=O)OC.CC(C)(c1ccccc1)c1ccc(O)cc1. The lowest BCUT2D eigenvalue weighted by Gasteiger charge is -2.26. The number of esters is 1. The van der Waals surface area contributed by atoms with E-state index in [-0.39, 0.29) is 5.41 Å². The van der Waals surface area contributed by atoms with Crippen LogP contribution < -0.4 is 0 Å². The van der Waals surface area contributed by atoms with Gasteiger partial charge in [-0.2, -0.15) is 0 Å². The third kappa shape index (κ3) is 4.77. The molecule has 0 atom stereocenters. The molecule has 116 valence electrons. The van der Waals surface area contributed by atoms with Crippen molar-refractivity contribution < 1.29 is 14.6 Å². The summed E-state index contributed by atoms with van der Waals surface area (Å²) in [6.45, 7) is 7.54. The molecular weight excluding hydrogens is 276 g/mol. The van der Waals surface area contributed by atoms with E-state index in [0.717, 1.165) is 6.08 Å². The van der Waals surface area contributed by atoms with Gasteiger partial charge in [-0.3, -0.25) is 0 Å². The van der Waals surface area contributed by atoms with Crippen molar-refractivity contribution in [2.24, 2.45) is 0 Å². The van der Waals surface area contributed by atoms with Crippen LogP contribution in [-0.4, -0.2) is 18.2 Å². The Kier molecular flexibility index (Phi) is 6.39. The van der Waals surface area contributed by atoms with Crippen LogP contribution in [0.25, 0.3) is 0 Å². The summed E-state index contributed by atoms with van der Waals surface area (Å²) in [6, 6.07) is 17.8. The zero-order valence-electron chi connectivity index (χ0n) is 13.2. The number of carbonyl (C=O) groups excluding carboxylic acids is 1. The topological polar surface area (TPSA) is 46.5 Å². The van der Waals surface area contributed by atoms with Gasteiger partial charge >= 0.3 is 5.97 Å². The van der Waals surface area contributed by atoms with Crippen molar-refractivity contribution in [1.29, 1.82) is 0 Å². The number of phenols is 1. The van der Waals surface area contributed by atoms with Gasteiger partial charge in [-0.25, -0.2) is 4.79 Å². The van der Waals surface area contributed by atoms with Crippen LogP contribution in [0.1, 0.15) is 25.0 Å². The maximum atomic E-state index is 9.84. The lowest BCUT2D eigenvalue weighted by molar-refractivity contribution is -0.134. The van der Waals surface area contributed by atoms with Gasteiger partial charge < -0.3 is 9.84 Å². The van der Waals surface area contributed by atoms with Gasteiger partial charge in [-0.05, 0) is 23.3 Å². The van der Waals surface area contributed by atoms with E-state index >= 15 is 0 Å². The van der Waals surface area contributed by atoms with Crippen molar-refractivity contribution in [3.8, 4) is 5.75 Å². The van der Waals surface area contributed by atoms with Gasteiger partial charge in [0.05, 0.1) is 7.11 Å². The van der Waals surface area contributed by atoms with Crippen LogP contribution in [0.4, 0.5) is 0 Å². The molecule has 0 fully saturated rings. The maximum absolute atomic E-state index is 9.84. The predicted octanol–water partition coefficient (Wildman–Crippen LogP) is 4.06. The monoisotopic (exact) mass is 298 g/mol. The van der Waals surface area contributed by atoms with Gasteiger partial charge in [-0.15, -0.1) is 0 Å². The van der Waals surface area contributed by atoms with E-state index in [4.69, 9.17) is 0 Å². The maximum Gasteiger partial charge on any atom is 0.329 e. The summed E-state index contributed by atoms with van der Waals surface area (Å²) in [5.41, 5.74) is 2.45. The van der Waals surface area contributed by atoms with Crippen LogP contribution in [0, 0.1) is 0 Å². The van der Waals surface area contributed by atoms with Gasteiger partial charge in [0.2, 0.25) is 0 Å². The van der Waals surface area contributed by atoms with Crippen LogP contribution in [0.5, 0.6) is 5.75 Å². The highest BCUT2D eigenvalue weighted by Crippen LogP contribution is 2.31. The molecule has 3 nitrogen and oxygen atoms in total.